The van der Waals surface area contributed by atoms with Crippen molar-refractivity contribution in [1.29, 1.82) is 0 Å². The van der Waals surface area contributed by atoms with Crippen LogP contribution in [0.15, 0.2) is 73.1 Å². The first-order chi connectivity index (χ1) is 14.2. The van der Waals surface area contributed by atoms with Gasteiger partial charge < -0.3 is 10.2 Å². The summed E-state index contributed by atoms with van der Waals surface area (Å²) in [6.45, 7) is 3.12. The number of benzene rings is 2. The third-order valence-corrected chi connectivity index (χ3v) is 5.59. The maximum atomic E-state index is 13.1. The van der Waals surface area contributed by atoms with E-state index in [9.17, 15) is 4.79 Å². The minimum atomic E-state index is 0.0688. The summed E-state index contributed by atoms with van der Waals surface area (Å²) in [6, 6.07) is 21.9. The fraction of sp³-hybridized carbons (Fsp3) is 0.174. The molecule has 0 atom stereocenters. The van der Waals surface area contributed by atoms with Crippen LogP contribution in [0, 0.1) is 6.92 Å². The van der Waals surface area contributed by atoms with Crippen molar-refractivity contribution < 1.29 is 4.79 Å². The van der Waals surface area contributed by atoms with Gasteiger partial charge in [0.2, 0.25) is 5.91 Å². The van der Waals surface area contributed by atoms with Crippen molar-refractivity contribution in [2.75, 3.05) is 16.8 Å². The molecule has 0 fully saturated rings. The van der Waals surface area contributed by atoms with Gasteiger partial charge in [0.15, 0.2) is 0 Å². The van der Waals surface area contributed by atoms with Crippen LogP contribution in [-0.2, 0) is 11.3 Å². The quantitative estimate of drug-likeness (QED) is 0.471. The van der Waals surface area contributed by atoms with Crippen molar-refractivity contribution in [3.63, 3.8) is 0 Å². The lowest BCUT2D eigenvalue weighted by molar-refractivity contribution is -0.118. The summed E-state index contributed by atoms with van der Waals surface area (Å²) in [5.74, 6) is 0.848. The maximum Gasteiger partial charge on any atom is 0.229 e. The summed E-state index contributed by atoms with van der Waals surface area (Å²) in [4.78, 5) is 25.7. The smallest absolute Gasteiger partial charge is 0.229 e. The molecule has 0 radical (unpaired) electrons. The first kappa shape index (κ1) is 19.1. The predicted octanol–water partition coefficient (Wildman–Crippen LogP) is 5.04. The van der Waals surface area contributed by atoms with E-state index >= 15 is 0 Å². The van der Waals surface area contributed by atoms with Gasteiger partial charge in [-0.3, -0.25) is 4.79 Å². The minimum Gasteiger partial charge on any atom is -0.369 e. The molecule has 2 aromatic carbocycles. The number of amides is 1. The topological polar surface area (TPSA) is 58.1 Å². The molecule has 0 saturated carbocycles. The van der Waals surface area contributed by atoms with E-state index in [0.29, 0.717) is 19.5 Å². The van der Waals surface area contributed by atoms with Crippen molar-refractivity contribution in [2.24, 2.45) is 0 Å². The molecule has 1 N–H and O–H groups in total. The highest BCUT2D eigenvalue weighted by Gasteiger charge is 2.16. The molecule has 0 bridgehead atoms. The van der Waals surface area contributed by atoms with Crippen LogP contribution in [-0.4, -0.2) is 22.4 Å². The average molecular weight is 403 g/mol. The number of nitrogens with one attached hydrogen (secondary N) is 1. The Hall–Kier alpha value is -3.25. The van der Waals surface area contributed by atoms with Crippen LogP contribution in [0.2, 0.25) is 0 Å². The standard InChI is InChI=1S/C23H22N4OS/c1-17-14-20-22(25-16-26-23(20)29-17)24-13-12-21(28)27(19-10-6-3-7-11-19)15-18-8-4-2-5-9-18/h2-11,14,16H,12-13,15H2,1H3,(H,24,25,26). The number of carbonyl (C=O) groups is 1. The number of hydrogen-bond donors (Lipinski definition) is 1. The molecule has 2 aromatic heterocycles. The number of aromatic nitrogens is 2. The van der Waals surface area contributed by atoms with Crippen LogP contribution < -0.4 is 10.2 Å². The summed E-state index contributed by atoms with van der Waals surface area (Å²) in [5, 5.41) is 4.32. The van der Waals surface area contributed by atoms with Crippen LogP contribution in [0.4, 0.5) is 11.5 Å². The van der Waals surface area contributed by atoms with Gasteiger partial charge in [0.05, 0.1) is 11.9 Å². The number of carbonyl (C=O) groups excluding carboxylic acids is 1. The van der Waals surface area contributed by atoms with E-state index in [2.05, 4.69) is 28.3 Å². The predicted molar refractivity (Wildman–Crippen MR) is 119 cm³/mol. The second-order valence-corrected chi connectivity index (χ2v) is 8.01. The number of fused-ring (bicyclic) bond motifs is 1. The van der Waals surface area contributed by atoms with Crippen LogP contribution in [0.1, 0.15) is 16.9 Å². The van der Waals surface area contributed by atoms with E-state index in [4.69, 9.17) is 0 Å². The Labute approximate surface area is 174 Å². The first-order valence-corrected chi connectivity index (χ1v) is 10.4. The Morgan fingerprint density at radius 2 is 1.76 bits per heavy atom. The van der Waals surface area contributed by atoms with Gasteiger partial charge in [0, 0.05) is 23.5 Å². The molecular formula is C23H22N4OS. The highest BCUT2D eigenvalue weighted by Crippen LogP contribution is 2.27. The molecule has 0 aliphatic heterocycles. The van der Waals surface area contributed by atoms with Gasteiger partial charge in [-0.05, 0) is 30.7 Å². The second kappa shape index (κ2) is 8.84. The number of thiophene rings is 1. The Balaban J connectivity index is 1.46. The summed E-state index contributed by atoms with van der Waals surface area (Å²) in [7, 11) is 0. The maximum absolute atomic E-state index is 13.1. The molecule has 0 unspecified atom stereocenters. The zero-order chi connectivity index (χ0) is 20.1. The molecule has 0 aliphatic rings. The lowest BCUT2D eigenvalue weighted by Gasteiger charge is -2.23. The molecular weight excluding hydrogens is 380 g/mol. The third-order valence-electron chi connectivity index (χ3n) is 4.64. The zero-order valence-corrected chi connectivity index (χ0v) is 17.0. The van der Waals surface area contributed by atoms with Gasteiger partial charge in [0.25, 0.3) is 0 Å². The number of hydrogen-bond acceptors (Lipinski definition) is 5. The van der Waals surface area contributed by atoms with Gasteiger partial charge in [-0.2, -0.15) is 0 Å². The van der Waals surface area contributed by atoms with Crippen molar-refractivity contribution >= 4 is 39.0 Å². The Bertz CT molecular complexity index is 1100. The van der Waals surface area contributed by atoms with Crippen molar-refractivity contribution in [3.05, 3.63) is 83.5 Å². The van der Waals surface area contributed by atoms with Gasteiger partial charge in [-0.1, -0.05) is 48.5 Å². The second-order valence-electron chi connectivity index (χ2n) is 6.78. The lowest BCUT2D eigenvalue weighted by atomic mass is 10.2. The third kappa shape index (κ3) is 4.60. The molecule has 5 nitrogen and oxygen atoms in total. The molecule has 146 valence electrons. The number of aryl methyl sites for hydroxylation is 1. The SMILES string of the molecule is Cc1cc2c(NCCC(=O)N(Cc3ccccc3)c3ccccc3)ncnc2s1. The van der Waals surface area contributed by atoms with Crippen molar-refractivity contribution in [3.8, 4) is 0 Å². The number of para-hydroxylation sites is 1. The highest BCUT2D eigenvalue weighted by atomic mass is 32.1. The molecule has 0 spiro atoms. The number of nitrogens with zero attached hydrogens (tertiary/aromatic N) is 3. The molecule has 6 heteroatoms. The van der Waals surface area contributed by atoms with Crippen LogP contribution in [0.3, 0.4) is 0 Å². The van der Waals surface area contributed by atoms with E-state index in [0.717, 1.165) is 27.3 Å². The minimum absolute atomic E-state index is 0.0688. The van der Waals surface area contributed by atoms with Crippen LogP contribution in [0.25, 0.3) is 10.2 Å². The molecule has 4 aromatic rings. The van der Waals surface area contributed by atoms with Gasteiger partial charge >= 0.3 is 0 Å². The van der Waals surface area contributed by atoms with E-state index in [-0.39, 0.29) is 5.91 Å². The monoisotopic (exact) mass is 402 g/mol. The zero-order valence-electron chi connectivity index (χ0n) is 16.2. The summed E-state index contributed by atoms with van der Waals surface area (Å²) >= 11 is 1.64. The molecule has 1 amide bonds. The normalized spacial score (nSPS) is 10.8. The van der Waals surface area contributed by atoms with Crippen molar-refractivity contribution in [2.45, 2.75) is 19.9 Å². The Morgan fingerprint density at radius 3 is 2.52 bits per heavy atom. The molecule has 0 aliphatic carbocycles. The molecule has 2 heterocycles. The first-order valence-electron chi connectivity index (χ1n) is 9.55. The summed E-state index contributed by atoms with van der Waals surface area (Å²) in [6.07, 6.45) is 1.93. The van der Waals surface area contributed by atoms with E-state index in [1.807, 2.05) is 65.6 Å². The number of anilines is 2. The highest BCUT2D eigenvalue weighted by molar-refractivity contribution is 7.18. The molecule has 0 saturated heterocycles. The Kier molecular flexibility index (Phi) is 5.81. The Morgan fingerprint density at radius 1 is 1.03 bits per heavy atom. The van der Waals surface area contributed by atoms with Gasteiger partial charge in [-0.15, -0.1) is 11.3 Å². The largest absolute Gasteiger partial charge is 0.369 e. The lowest BCUT2D eigenvalue weighted by Crippen LogP contribution is -2.31. The fourth-order valence-electron chi connectivity index (χ4n) is 3.24. The van der Waals surface area contributed by atoms with E-state index in [1.165, 1.54) is 4.88 Å². The van der Waals surface area contributed by atoms with Gasteiger partial charge in [-0.25, -0.2) is 9.97 Å². The van der Waals surface area contributed by atoms with E-state index in [1.54, 1.807) is 17.7 Å². The molecule has 4 rings (SSSR count). The van der Waals surface area contributed by atoms with Gasteiger partial charge in [0.1, 0.15) is 17.0 Å². The fourth-order valence-corrected chi connectivity index (χ4v) is 4.08. The number of rotatable bonds is 7. The van der Waals surface area contributed by atoms with Crippen LogP contribution >= 0.6 is 11.3 Å². The van der Waals surface area contributed by atoms with Crippen molar-refractivity contribution in [1.82, 2.24) is 9.97 Å². The van der Waals surface area contributed by atoms with E-state index < -0.39 is 0 Å². The summed E-state index contributed by atoms with van der Waals surface area (Å²) < 4.78 is 0. The molecule has 29 heavy (non-hydrogen) atoms. The summed E-state index contributed by atoms with van der Waals surface area (Å²) in [5.41, 5.74) is 2.00. The van der Waals surface area contributed by atoms with Crippen LogP contribution in [0.5, 0.6) is 0 Å². The average Bonchev–Trinajstić information content (AvgIpc) is 3.14.